The smallest absolute Gasteiger partial charge is 0.252 e. The minimum absolute atomic E-state index is 0.127. The molecule has 2 aromatic heterocycles. The Hall–Kier alpha value is -1.64. The Kier molecular flexibility index (Phi) is 5.76. The molecule has 1 amide bonds. The van der Waals surface area contributed by atoms with Crippen LogP contribution in [-0.4, -0.2) is 32.2 Å². The highest BCUT2D eigenvalue weighted by Crippen LogP contribution is 2.19. The van der Waals surface area contributed by atoms with Crippen molar-refractivity contribution < 1.29 is 17.6 Å². The highest BCUT2D eigenvalue weighted by atomic mass is 32.2. The molecular formula is C14H18N2O4S2. The number of sulfonamides is 1. The average molecular weight is 342 g/mol. The van der Waals surface area contributed by atoms with E-state index in [1.807, 2.05) is 0 Å². The summed E-state index contributed by atoms with van der Waals surface area (Å²) in [5.74, 6) is 0.559. The highest BCUT2D eigenvalue weighted by Gasteiger charge is 2.21. The summed E-state index contributed by atoms with van der Waals surface area (Å²) in [6.07, 6.45) is 2.28. The molecular weight excluding hydrogens is 324 g/mol. The van der Waals surface area contributed by atoms with Crippen molar-refractivity contribution in [1.29, 1.82) is 0 Å². The van der Waals surface area contributed by atoms with Crippen LogP contribution >= 0.6 is 11.3 Å². The van der Waals surface area contributed by atoms with Crippen molar-refractivity contribution in [1.82, 2.24) is 9.62 Å². The molecule has 0 aliphatic carbocycles. The summed E-state index contributed by atoms with van der Waals surface area (Å²) in [5, 5.41) is 4.45. The lowest BCUT2D eigenvalue weighted by Crippen LogP contribution is -2.29. The minimum Gasteiger partial charge on any atom is -0.467 e. The van der Waals surface area contributed by atoms with Crippen molar-refractivity contribution in [2.45, 2.75) is 23.6 Å². The molecule has 2 rings (SSSR count). The van der Waals surface area contributed by atoms with E-state index in [9.17, 15) is 13.2 Å². The van der Waals surface area contributed by atoms with Gasteiger partial charge in [0.25, 0.3) is 10.0 Å². The third-order valence-electron chi connectivity index (χ3n) is 3.08. The van der Waals surface area contributed by atoms with Crippen molar-refractivity contribution in [3.8, 4) is 0 Å². The van der Waals surface area contributed by atoms with Crippen molar-refractivity contribution in [2.24, 2.45) is 0 Å². The summed E-state index contributed by atoms with van der Waals surface area (Å²) in [4.78, 5) is 11.7. The molecule has 1 N–H and O–H groups in total. The van der Waals surface area contributed by atoms with Gasteiger partial charge in [-0.15, -0.1) is 11.3 Å². The number of rotatable bonds is 8. The Balaban J connectivity index is 1.72. The van der Waals surface area contributed by atoms with Crippen molar-refractivity contribution in [2.75, 3.05) is 13.6 Å². The summed E-state index contributed by atoms with van der Waals surface area (Å²) in [5.41, 5.74) is 0. The molecule has 0 unspecified atom stereocenters. The third kappa shape index (κ3) is 4.43. The van der Waals surface area contributed by atoms with E-state index >= 15 is 0 Å². The first-order valence-electron chi connectivity index (χ1n) is 6.79. The molecule has 8 heteroatoms. The predicted molar refractivity (Wildman–Crippen MR) is 83.9 cm³/mol. The largest absolute Gasteiger partial charge is 0.467 e. The summed E-state index contributed by atoms with van der Waals surface area (Å²) >= 11 is 1.19. The van der Waals surface area contributed by atoms with Gasteiger partial charge < -0.3 is 9.73 Å². The number of nitrogens with zero attached hydrogens (tertiary/aromatic N) is 1. The number of furan rings is 1. The lowest BCUT2D eigenvalue weighted by Gasteiger charge is -2.15. The van der Waals surface area contributed by atoms with Gasteiger partial charge in [0.05, 0.1) is 12.8 Å². The van der Waals surface area contributed by atoms with Gasteiger partial charge in [0.15, 0.2) is 0 Å². The number of carbonyl (C=O) groups excluding carboxylic acids is 1. The zero-order valence-electron chi connectivity index (χ0n) is 12.2. The molecule has 0 aliphatic rings. The Morgan fingerprint density at radius 2 is 2.18 bits per heavy atom. The first kappa shape index (κ1) is 16.7. The fraction of sp³-hybridized carbons (Fsp3) is 0.357. The van der Waals surface area contributed by atoms with Gasteiger partial charge in [0.1, 0.15) is 9.97 Å². The van der Waals surface area contributed by atoms with Crippen LogP contribution in [0.5, 0.6) is 0 Å². The highest BCUT2D eigenvalue weighted by molar-refractivity contribution is 7.91. The van der Waals surface area contributed by atoms with Crippen molar-refractivity contribution >= 4 is 27.3 Å². The molecule has 2 heterocycles. The second-order valence-corrected chi connectivity index (χ2v) is 7.94. The fourth-order valence-electron chi connectivity index (χ4n) is 1.83. The lowest BCUT2D eigenvalue weighted by atomic mass is 10.3. The molecule has 2 aromatic rings. The molecule has 0 spiro atoms. The van der Waals surface area contributed by atoms with Crippen LogP contribution in [-0.2, 0) is 21.4 Å². The van der Waals surface area contributed by atoms with E-state index in [1.165, 1.54) is 22.7 Å². The first-order chi connectivity index (χ1) is 10.5. The van der Waals surface area contributed by atoms with Gasteiger partial charge in [-0.1, -0.05) is 6.07 Å². The molecule has 0 aliphatic heterocycles. The van der Waals surface area contributed by atoms with E-state index in [4.69, 9.17) is 4.42 Å². The molecule has 0 radical (unpaired) electrons. The number of thiophene rings is 1. The summed E-state index contributed by atoms with van der Waals surface area (Å²) < 4.78 is 31.1. The Labute approximate surface area is 133 Å². The first-order valence-corrected chi connectivity index (χ1v) is 9.11. The Morgan fingerprint density at radius 1 is 1.36 bits per heavy atom. The van der Waals surface area contributed by atoms with Gasteiger partial charge in [-0.05, 0) is 30.0 Å². The van der Waals surface area contributed by atoms with Crippen LogP contribution in [0.25, 0.3) is 0 Å². The maximum atomic E-state index is 12.2. The van der Waals surface area contributed by atoms with Gasteiger partial charge in [0.2, 0.25) is 5.91 Å². The van der Waals surface area contributed by atoms with Gasteiger partial charge in [-0.25, -0.2) is 12.7 Å². The zero-order valence-corrected chi connectivity index (χ0v) is 13.8. The Bertz CT molecular complexity index is 679. The normalized spacial score (nSPS) is 11.7. The standard InChI is InChI=1S/C14H18N2O4S2/c1-16(22(18,19)14-7-4-10-21-14)8-2-6-13(17)15-11-12-5-3-9-20-12/h3-5,7,9-10H,2,6,8,11H2,1H3,(H,15,17). The zero-order chi connectivity index (χ0) is 16.0. The Morgan fingerprint density at radius 3 is 2.82 bits per heavy atom. The molecule has 0 fully saturated rings. The summed E-state index contributed by atoms with van der Waals surface area (Å²) in [6.45, 7) is 0.642. The number of hydrogen-bond acceptors (Lipinski definition) is 5. The van der Waals surface area contributed by atoms with E-state index in [1.54, 1.807) is 35.9 Å². The SMILES string of the molecule is CN(CCCC(=O)NCc1ccco1)S(=O)(=O)c1cccs1. The molecule has 22 heavy (non-hydrogen) atoms. The molecule has 0 aromatic carbocycles. The van der Waals surface area contributed by atoms with E-state index in [0.717, 1.165) is 0 Å². The van der Waals surface area contributed by atoms with Crippen LogP contribution in [0.1, 0.15) is 18.6 Å². The maximum Gasteiger partial charge on any atom is 0.252 e. The van der Waals surface area contributed by atoms with E-state index < -0.39 is 10.0 Å². The van der Waals surface area contributed by atoms with E-state index in [2.05, 4.69) is 5.32 Å². The second kappa shape index (κ2) is 7.57. The number of carbonyl (C=O) groups is 1. The van der Waals surface area contributed by atoms with Crippen molar-refractivity contribution in [3.63, 3.8) is 0 Å². The van der Waals surface area contributed by atoms with E-state index in [0.29, 0.717) is 29.5 Å². The quantitative estimate of drug-likeness (QED) is 0.796. The number of nitrogens with one attached hydrogen (secondary N) is 1. The maximum absolute atomic E-state index is 12.2. The van der Waals surface area contributed by atoms with Crippen molar-refractivity contribution in [3.05, 3.63) is 41.7 Å². The molecule has 120 valence electrons. The lowest BCUT2D eigenvalue weighted by molar-refractivity contribution is -0.121. The molecule has 0 saturated heterocycles. The van der Waals surface area contributed by atoms with Crippen LogP contribution in [0, 0.1) is 0 Å². The topological polar surface area (TPSA) is 79.6 Å². The summed E-state index contributed by atoms with van der Waals surface area (Å²) in [7, 11) is -1.91. The molecule has 0 bridgehead atoms. The predicted octanol–water partition coefficient (Wildman–Crippen LogP) is 2.06. The van der Waals surface area contributed by atoms with Crippen LogP contribution in [0.4, 0.5) is 0 Å². The molecule has 6 nitrogen and oxygen atoms in total. The monoisotopic (exact) mass is 342 g/mol. The van der Waals surface area contributed by atoms with Gasteiger partial charge in [-0.3, -0.25) is 4.79 Å². The number of amides is 1. The molecule has 0 saturated carbocycles. The van der Waals surface area contributed by atoms with Crippen LogP contribution in [0.3, 0.4) is 0 Å². The fourth-order valence-corrected chi connectivity index (χ4v) is 4.24. The van der Waals surface area contributed by atoms with Gasteiger partial charge in [-0.2, -0.15) is 0 Å². The van der Waals surface area contributed by atoms with Crippen LogP contribution < -0.4 is 5.32 Å². The van der Waals surface area contributed by atoms with Crippen LogP contribution in [0.15, 0.2) is 44.5 Å². The summed E-state index contributed by atoms with van der Waals surface area (Å²) in [6, 6.07) is 6.81. The average Bonchev–Trinajstić information content (AvgIpc) is 3.18. The van der Waals surface area contributed by atoms with Gasteiger partial charge in [0, 0.05) is 20.0 Å². The minimum atomic E-state index is -3.44. The number of hydrogen-bond donors (Lipinski definition) is 1. The second-order valence-electron chi connectivity index (χ2n) is 4.72. The third-order valence-corrected chi connectivity index (χ3v) is 6.31. The van der Waals surface area contributed by atoms with Gasteiger partial charge >= 0.3 is 0 Å². The van der Waals surface area contributed by atoms with E-state index in [-0.39, 0.29) is 12.3 Å². The molecule has 0 atom stereocenters. The van der Waals surface area contributed by atoms with Crippen LogP contribution in [0.2, 0.25) is 0 Å².